The number of nitrogens with two attached hydrogens (primary N) is 1. The van der Waals surface area contributed by atoms with Crippen LogP contribution in [0.2, 0.25) is 0 Å². The monoisotopic (exact) mass is 215 g/mol. The first kappa shape index (κ1) is 10.9. The maximum atomic E-state index is 5.65. The maximum Gasteiger partial charge on any atom is 0.0648 e. The van der Waals surface area contributed by atoms with Crippen LogP contribution in [0.3, 0.4) is 0 Å². The van der Waals surface area contributed by atoms with E-state index < -0.39 is 0 Å². The van der Waals surface area contributed by atoms with E-state index in [4.69, 9.17) is 5.73 Å². The predicted octanol–water partition coefficient (Wildman–Crippen LogP) is 2.01. The highest BCUT2D eigenvalue weighted by molar-refractivity contribution is 5.32. The van der Waals surface area contributed by atoms with Crippen molar-refractivity contribution in [3.8, 4) is 5.69 Å². The molecule has 0 aliphatic heterocycles. The van der Waals surface area contributed by atoms with Crippen molar-refractivity contribution in [2.45, 2.75) is 13.3 Å². The molecule has 0 saturated carbocycles. The molecule has 2 N–H and O–H groups in total. The molecule has 84 valence electrons. The molecular formula is C13H17N3. The summed E-state index contributed by atoms with van der Waals surface area (Å²) >= 11 is 0. The Bertz CT molecular complexity index is 433. The van der Waals surface area contributed by atoms with Crippen LogP contribution >= 0.6 is 0 Å². The van der Waals surface area contributed by atoms with Crippen molar-refractivity contribution in [1.82, 2.24) is 9.78 Å². The third kappa shape index (κ3) is 2.31. The Kier molecular flexibility index (Phi) is 3.37. The number of para-hydroxylation sites is 1. The molecule has 16 heavy (non-hydrogen) atoms. The van der Waals surface area contributed by atoms with Gasteiger partial charge in [0.15, 0.2) is 0 Å². The number of aromatic nitrogens is 2. The normalized spacial score (nSPS) is 12.6. The van der Waals surface area contributed by atoms with Crippen molar-refractivity contribution in [1.29, 1.82) is 0 Å². The van der Waals surface area contributed by atoms with Gasteiger partial charge in [-0.2, -0.15) is 5.10 Å². The van der Waals surface area contributed by atoms with Gasteiger partial charge in [0.05, 0.1) is 5.69 Å². The SMILES string of the molecule is CC(CN)Cc1ccnn1-c1ccccc1. The molecule has 0 aliphatic rings. The van der Waals surface area contributed by atoms with Crippen molar-refractivity contribution in [2.75, 3.05) is 6.54 Å². The zero-order valence-electron chi connectivity index (χ0n) is 9.50. The Morgan fingerprint density at radius 3 is 2.69 bits per heavy atom. The Balaban J connectivity index is 2.26. The van der Waals surface area contributed by atoms with Crippen molar-refractivity contribution in [3.05, 3.63) is 48.3 Å². The molecule has 1 heterocycles. The first-order chi connectivity index (χ1) is 7.81. The molecule has 0 bridgehead atoms. The Morgan fingerprint density at radius 1 is 1.25 bits per heavy atom. The molecule has 0 fully saturated rings. The Morgan fingerprint density at radius 2 is 2.00 bits per heavy atom. The standard InChI is InChI=1S/C13H17N3/c1-11(10-14)9-13-7-8-15-16(13)12-5-3-2-4-6-12/h2-8,11H,9-10,14H2,1H3. The van der Waals surface area contributed by atoms with Gasteiger partial charge in [0.1, 0.15) is 0 Å². The molecule has 0 amide bonds. The molecule has 1 aromatic carbocycles. The summed E-state index contributed by atoms with van der Waals surface area (Å²) in [7, 11) is 0. The van der Waals surface area contributed by atoms with Gasteiger partial charge in [-0.05, 0) is 37.1 Å². The summed E-state index contributed by atoms with van der Waals surface area (Å²) in [4.78, 5) is 0. The molecule has 0 spiro atoms. The lowest BCUT2D eigenvalue weighted by Crippen LogP contribution is -2.15. The van der Waals surface area contributed by atoms with Crippen LogP contribution in [0.15, 0.2) is 42.6 Å². The second-order valence-electron chi connectivity index (χ2n) is 4.11. The van der Waals surface area contributed by atoms with Crippen LogP contribution in [0.4, 0.5) is 0 Å². The second-order valence-corrected chi connectivity index (χ2v) is 4.11. The summed E-state index contributed by atoms with van der Waals surface area (Å²) in [6, 6.07) is 12.2. The number of hydrogen-bond acceptors (Lipinski definition) is 2. The van der Waals surface area contributed by atoms with E-state index in [-0.39, 0.29) is 0 Å². The number of nitrogens with zero attached hydrogens (tertiary/aromatic N) is 2. The highest BCUT2D eigenvalue weighted by Gasteiger charge is 2.07. The Hall–Kier alpha value is -1.61. The van der Waals surface area contributed by atoms with E-state index in [1.54, 1.807) is 0 Å². The summed E-state index contributed by atoms with van der Waals surface area (Å²) in [5.74, 6) is 0.485. The molecular weight excluding hydrogens is 198 g/mol. The molecule has 1 unspecified atom stereocenters. The van der Waals surface area contributed by atoms with Crippen LogP contribution < -0.4 is 5.73 Å². The van der Waals surface area contributed by atoms with Gasteiger partial charge in [-0.3, -0.25) is 0 Å². The van der Waals surface area contributed by atoms with Crippen molar-refractivity contribution in [2.24, 2.45) is 11.7 Å². The summed E-state index contributed by atoms with van der Waals surface area (Å²) in [6.07, 6.45) is 2.80. The van der Waals surface area contributed by atoms with Crippen LogP contribution in [0.1, 0.15) is 12.6 Å². The fourth-order valence-corrected chi connectivity index (χ4v) is 1.73. The first-order valence-electron chi connectivity index (χ1n) is 5.59. The maximum absolute atomic E-state index is 5.65. The predicted molar refractivity (Wildman–Crippen MR) is 65.5 cm³/mol. The zero-order chi connectivity index (χ0) is 11.4. The summed E-state index contributed by atoms with van der Waals surface area (Å²) in [6.45, 7) is 2.86. The fourth-order valence-electron chi connectivity index (χ4n) is 1.73. The summed E-state index contributed by atoms with van der Waals surface area (Å²) < 4.78 is 1.98. The summed E-state index contributed by atoms with van der Waals surface area (Å²) in [5, 5.41) is 4.35. The van der Waals surface area contributed by atoms with Crippen molar-refractivity contribution in [3.63, 3.8) is 0 Å². The van der Waals surface area contributed by atoms with Crippen LogP contribution in [-0.4, -0.2) is 16.3 Å². The largest absolute Gasteiger partial charge is 0.330 e. The average Bonchev–Trinajstić information content (AvgIpc) is 2.78. The molecule has 2 aromatic rings. The van der Waals surface area contributed by atoms with Crippen molar-refractivity contribution >= 4 is 0 Å². The lowest BCUT2D eigenvalue weighted by molar-refractivity contribution is 0.572. The minimum absolute atomic E-state index is 0.485. The molecule has 2 rings (SSSR count). The molecule has 3 heteroatoms. The van der Waals surface area contributed by atoms with Gasteiger partial charge < -0.3 is 5.73 Å². The minimum atomic E-state index is 0.485. The summed E-state index contributed by atoms with van der Waals surface area (Å²) in [5.41, 5.74) is 7.96. The van der Waals surface area contributed by atoms with Gasteiger partial charge in [0, 0.05) is 11.9 Å². The number of benzene rings is 1. The fraction of sp³-hybridized carbons (Fsp3) is 0.308. The van der Waals surface area contributed by atoms with Crippen LogP contribution in [-0.2, 0) is 6.42 Å². The smallest absolute Gasteiger partial charge is 0.0648 e. The van der Waals surface area contributed by atoms with E-state index in [0.717, 1.165) is 12.1 Å². The van der Waals surface area contributed by atoms with E-state index in [1.165, 1.54) is 5.69 Å². The molecule has 1 aromatic heterocycles. The van der Waals surface area contributed by atoms with E-state index in [0.29, 0.717) is 12.5 Å². The average molecular weight is 215 g/mol. The minimum Gasteiger partial charge on any atom is -0.330 e. The van der Waals surface area contributed by atoms with E-state index in [2.05, 4.69) is 30.2 Å². The number of hydrogen-bond donors (Lipinski definition) is 1. The third-order valence-electron chi connectivity index (χ3n) is 2.68. The van der Waals surface area contributed by atoms with Gasteiger partial charge in [0.25, 0.3) is 0 Å². The quantitative estimate of drug-likeness (QED) is 0.847. The van der Waals surface area contributed by atoms with Crippen molar-refractivity contribution < 1.29 is 0 Å². The molecule has 0 aliphatic carbocycles. The van der Waals surface area contributed by atoms with Gasteiger partial charge in [-0.25, -0.2) is 4.68 Å². The molecule has 0 radical (unpaired) electrons. The first-order valence-corrected chi connectivity index (χ1v) is 5.59. The van der Waals surface area contributed by atoms with E-state index >= 15 is 0 Å². The molecule has 1 atom stereocenters. The van der Waals surface area contributed by atoms with Gasteiger partial charge in [-0.15, -0.1) is 0 Å². The van der Waals surface area contributed by atoms with Crippen LogP contribution in [0, 0.1) is 5.92 Å². The zero-order valence-corrected chi connectivity index (χ0v) is 9.50. The second kappa shape index (κ2) is 4.94. The lowest BCUT2D eigenvalue weighted by atomic mass is 10.1. The van der Waals surface area contributed by atoms with Gasteiger partial charge >= 0.3 is 0 Å². The Labute approximate surface area is 95.9 Å². The lowest BCUT2D eigenvalue weighted by Gasteiger charge is -2.10. The van der Waals surface area contributed by atoms with Crippen LogP contribution in [0.5, 0.6) is 0 Å². The number of rotatable bonds is 4. The van der Waals surface area contributed by atoms with Gasteiger partial charge in [-0.1, -0.05) is 25.1 Å². The van der Waals surface area contributed by atoms with E-state index in [9.17, 15) is 0 Å². The third-order valence-corrected chi connectivity index (χ3v) is 2.68. The highest BCUT2D eigenvalue weighted by atomic mass is 15.3. The van der Waals surface area contributed by atoms with Gasteiger partial charge in [0.2, 0.25) is 0 Å². The highest BCUT2D eigenvalue weighted by Crippen LogP contribution is 2.13. The molecule has 0 saturated heterocycles. The van der Waals surface area contributed by atoms with E-state index in [1.807, 2.05) is 29.1 Å². The topological polar surface area (TPSA) is 43.8 Å². The molecule has 3 nitrogen and oxygen atoms in total. The van der Waals surface area contributed by atoms with Crippen LogP contribution in [0.25, 0.3) is 5.69 Å².